The fourth-order valence-electron chi connectivity index (χ4n) is 3.31. The van der Waals surface area contributed by atoms with Crippen LogP contribution in [0.4, 0.5) is 0 Å². The highest BCUT2D eigenvalue weighted by Crippen LogP contribution is 2.38. The maximum atomic E-state index is 4.31. The summed E-state index contributed by atoms with van der Waals surface area (Å²) in [5.41, 5.74) is 1.05. The van der Waals surface area contributed by atoms with Crippen LogP contribution in [0.3, 0.4) is 0 Å². The van der Waals surface area contributed by atoms with E-state index in [-0.39, 0.29) is 0 Å². The molecule has 5 aromatic rings. The van der Waals surface area contributed by atoms with E-state index in [1.165, 1.54) is 32.3 Å². The Morgan fingerprint density at radius 1 is 0.591 bits per heavy atom. The second-order valence-corrected chi connectivity index (χ2v) is 5.43. The molecule has 1 heterocycles. The lowest BCUT2D eigenvalue weighted by Gasteiger charge is -2.13. The smallest absolute Gasteiger partial charge is 0.163 e. The van der Waals surface area contributed by atoms with E-state index in [1.807, 2.05) is 0 Å². The standard InChI is InChI=1S/C19H11N3/c1-2-12-4-5-14-7-9-16(19-21-10-20-11-22-19)15-8-6-13(3-1)17(12)18(14)15/h1-11H. The summed E-state index contributed by atoms with van der Waals surface area (Å²) >= 11 is 0. The van der Waals surface area contributed by atoms with Crippen molar-refractivity contribution in [2.24, 2.45) is 0 Å². The molecule has 0 spiro atoms. The van der Waals surface area contributed by atoms with Crippen LogP contribution in [0.25, 0.3) is 43.7 Å². The Kier molecular flexibility index (Phi) is 2.22. The molecule has 4 aromatic carbocycles. The average Bonchev–Trinajstić information content (AvgIpc) is 2.60. The average molecular weight is 281 g/mol. The molecule has 0 amide bonds. The van der Waals surface area contributed by atoms with Crippen LogP contribution in [0.15, 0.2) is 67.3 Å². The molecule has 0 aliphatic heterocycles. The van der Waals surface area contributed by atoms with Crippen LogP contribution in [-0.4, -0.2) is 15.0 Å². The van der Waals surface area contributed by atoms with Crippen molar-refractivity contribution in [2.75, 3.05) is 0 Å². The van der Waals surface area contributed by atoms with E-state index in [4.69, 9.17) is 0 Å². The van der Waals surface area contributed by atoms with Gasteiger partial charge in [-0.15, -0.1) is 0 Å². The van der Waals surface area contributed by atoms with Gasteiger partial charge in [-0.25, -0.2) is 15.0 Å². The molecule has 0 unspecified atom stereocenters. The lowest BCUT2D eigenvalue weighted by Crippen LogP contribution is -1.91. The van der Waals surface area contributed by atoms with Gasteiger partial charge in [0, 0.05) is 5.56 Å². The largest absolute Gasteiger partial charge is 0.225 e. The fourth-order valence-corrected chi connectivity index (χ4v) is 3.31. The Hall–Kier alpha value is -3.07. The summed E-state index contributed by atoms with van der Waals surface area (Å²) in [5.74, 6) is 0.716. The van der Waals surface area contributed by atoms with Crippen LogP contribution in [-0.2, 0) is 0 Å². The van der Waals surface area contributed by atoms with Crippen molar-refractivity contribution in [1.29, 1.82) is 0 Å². The van der Waals surface area contributed by atoms with Crippen molar-refractivity contribution in [3.63, 3.8) is 0 Å². The number of hydrogen-bond donors (Lipinski definition) is 0. The Morgan fingerprint density at radius 2 is 1.23 bits per heavy atom. The summed E-state index contributed by atoms with van der Waals surface area (Å²) in [5, 5.41) is 7.57. The molecule has 22 heavy (non-hydrogen) atoms. The van der Waals surface area contributed by atoms with Crippen LogP contribution in [0.1, 0.15) is 0 Å². The van der Waals surface area contributed by atoms with Crippen molar-refractivity contribution in [3.8, 4) is 11.4 Å². The molecule has 0 bridgehead atoms. The SMILES string of the molecule is c1cc2ccc3ccc(-c4ncncn4)c4ccc(c1)c2c34. The summed E-state index contributed by atoms with van der Waals surface area (Å²) < 4.78 is 0. The summed E-state index contributed by atoms with van der Waals surface area (Å²) in [6, 6.07) is 19.4. The summed E-state index contributed by atoms with van der Waals surface area (Å²) in [4.78, 5) is 12.5. The highest BCUT2D eigenvalue weighted by Gasteiger charge is 2.12. The van der Waals surface area contributed by atoms with Crippen molar-refractivity contribution in [1.82, 2.24) is 15.0 Å². The highest BCUT2D eigenvalue weighted by atomic mass is 15.0. The normalized spacial score (nSPS) is 11.6. The molecule has 0 N–H and O–H groups in total. The van der Waals surface area contributed by atoms with Crippen LogP contribution >= 0.6 is 0 Å². The predicted molar refractivity (Wildman–Crippen MR) is 89.0 cm³/mol. The molecule has 0 radical (unpaired) electrons. The van der Waals surface area contributed by atoms with Crippen LogP contribution in [0, 0.1) is 0 Å². The third-order valence-electron chi connectivity index (χ3n) is 4.26. The Balaban J connectivity index is 2.02. The zero-order chi connectivity index (χ0) is 14.5. The molecule has 1 aromatic heterocycles. The van der Waals surface area contributed by atoms with E-state index in [0.717, 1.165) is 5.56 Å². The maximum absolute atomic E-state index is 4.31. The number of rotatable bonds is 1. The second-order valence-electron chi connectivity index (χ2n) is 5.43. The van der Waals surface area contributed by atoms with Gasteiger partial charge in [0.05, 0.1) is 0 Å². The Bertz CT molecular complexity index is 1100. The van der Waals surface area contributed by atoms with Gasteiger partial charge in [-0.3, -0.25) is 0 Å². The van der Waals surface area contributed by atoms with Gasteiger partial charge in [0.1, 0.15) is 12.7 Å². The molecule has 0 fully saturated rings. The molecule has 102 valence electrons. The van der Waals surface area contributed by atoms with E-state index in [0.29, 0.717) is 5.82 Å². The Morgan fingerprint density at radius 3 is 2.00 bits per heavy atom. The number of hydrogen-bond acceptors (Lipinski definition) is 3. The highest BCUT2D eigenvalue weighted by molar-refractivity contribution is 6.25. The lowest BCUT2D eigenvalue weighted by atomic mass is 9.92. The first-order valence-electron chi connectivity index (χ1n) is 7.21. The molecule has 0 aliphatic carbocycles. The molecular weight excluding hydrogens is 270 g/mol. The minimum Gasteiger partial charge on any atom is -0.225 e. The topological polar surface area (TPSA) is 38.7 Å². The second kappa shape index (κ2) is 4.21. The minimum absolute atomic E-state index is 0.716. The first-order chi connectivity index (χ1) is 10.9. The molecule has 3 nitrogen and oxygen atoms in total. The van der Waals surface area contributed by atoms with Crippen LogP contribution in [0.5, 0.6) is 0 Å². The summed E-state index contributed by atoms with van der Waals surface area (Å²) in [6.07, 6.45) is 3.08. The monoisotopic (exact) mass is 281 g/mol. The summed E-state index contributed by atoms with van der Waals surface area (Å²) in [7, 11) is 0. The molecule has 0 aliphatic rings. The van der Waals surface area contributed by atoms with E-state index in [2.05, 4.69) is 69.5 Å². The van der Waals surface area contributed by atoms with Gasteiger partial charge in [0.15, 0.2) is 5.82 Å². The van der Waals surface area contributed by atoms with Crippen molar-refractivity contribution >= 4 is 32.3 Å². The van der Waals surface area contributed by atoms with Gasteiger partial charge in [-0.1, -0.05) is 48.5 Å². The van der Waals surface area contributed by atoms with Gasteiger partial charge in [0.25, 0.3) is 0 Å². The van der Waals surface area contributed by atoms with E-state index < -0.39 is 0 Å². The predicted octanol–water partition coefficient (Wildman–Crippen LogP) is 4.44. The molecule has 0 atom stereocenters. The number of aromatic nitrogens is 3. The lowest BCUT2D eigenvalue weighted by molar-refractivity contribution is 1.06. The van der Waals surface area contributed by atoms with Crippen molar-refractivity contribution in [3.05, 3.63) is 67.3 Å². The van der Waals surface area contributed by atoms with E-state index in [1.54, 1.807) is 12.7 Å². The first kappa shape index (κ1) is 11.6. The zero-order valence-electron chi connectivity index (χ0n) is 11.7. The summed E-state index contributed by atoms with van der Waals surface area (Å²) in [6.45, 7) is 0. The maximum Gasteiger partial charge on any atom is 0.163 e. The molecule has 5 rings (SSSR count). The van der Waals surface area contributed by atoms with Gasteiger partial charge in [-0.2, -0.15) is 0 Å². The molecule has 0 saturated carbocycles. The molecule has 3 heteroatoms. The van der Waals surface area contributed by atoms with Gasteiger partial charge in [0.2, 0.25) is 0 Å². The Labute approximate surface area is 126 Å². The number of nitrogens with zero attached hydrogens (tertiary/aromatic N) is 3. The third kappa shape index (κ3) is 1.48. The van der Waals surface area contributed by atoms with Crippen LogP contribution in [0.2, 0.25) is 0 Å². The van der Waals surface area contributed by atoms with Gasteiger partial charge < -0.3 is 0 Å². The fraction of sp³-hybridized carbons (Fsp3) is 0. The first-order valence-corrected chi connectivity index (χ1v) is 7.21. The zero-order valence-corrected chi connectivity index (χ0v) is 11.7. The van der Waals surface area contributed by atoms with Crippen molar-refractivity contribution in [2.45, 2.75) is 0 Å². The minimum atomic E-state index is 0.716. The quantitative estimate of drug-likeness (QED) is 0.426. The van der Waals surface area contributed by atoms with Gasteiger partial charge >= 0.3 is 0 Å². The van der Waals surface area contributed by atoms with Gasteiger partial charge in [-0.05, 0) is 38.4 Å². The number of benzene rings is 4. The van der Waals surface area contributed by atoms with Crippen LogP contribution < -0.4 is 0 Å². The van der Waals surface area contributed by atoms with E-state index in [9.17, 15) is 0 Å². The van der Waals surface area contributed by atoms with E-state index >= 15 is 0 Å². The van der Waals surface area contributed by atoms with Crippen molar-refractivity contribution < 1.29 is 0 Å². The molecular formula is C19H11N3. The third-order valence-corrected chi connectivity index (χ3v) is 4.26. The molecule has 0 saturated heterocycles.